The number of quaternary nitrogens is 1. The molecular formula is C20H24ClNO4. The van der Waals surface area contributed by atoms with Crippen molar-refractivity contribution in [2.75, 3.05) is 35.0 Å². The number of ether oxygens (including phenoxy) is 4. The zero-order chi connectivity index (χ0) is 17.8. The molecule has 0 bridgehead atoms. The van der Waals surface area contributed by atoms with Gasteiger partial charge in [0.2, 0.25) is 0 Å². The summed E-state index contributed by atoms with van der Waals surface area (Å²) in [4.78, 5) is 0. The van der Waals surface area contributed by atoms with Crippen molar-refractivity contribution in [2.45, 2.75) is 6.42 Å². The Balaban J connectivity index is 0.00000243. The normalized spacial score (nSPS) is 12.4. The van der Waals surface area contributed by atoms with Crippen LogP contribution in [-0.2, 0) is 6.42 Å². The molecule has 0 spiro atoms. The highest BCUT2D eigenvalue weighted by Crippen LogP contribution is 2.28. The summed E-state index contributed by atoms with van der Waals surface area (Å²) in [7, 11) is 6.62. The predicted molar refractivity (Wildman–Crippen MR) is 96.7 cm³/mol. The van der Waals surface area contributed by atoms with Gasteiger partial charge in [-0.3, -0.25) is 0 Å². The molecule has 0 radical (unpaired) electrons. The highest BCUT2D eigenvalue weighted by atomic mass is 35.5. The lowest BCUT2D eigenvalue weighted by atomic mass is 10.0. The summed E-state index contributed by atoms with van der Waals surface area (Å²) < 4.78 is 21.6. The van der Waals surface area contributed by atoms with Crippen LogP contribution in [0.3, 0.4) is 0 Å². The number of hydrogen-bond acceptors (Lipinski definition) is 4. The van der Waals surface area contributed by atoms with E-state index in [0.717, 1.165) is 36.0 Å². The monoisotopic (exact) mass is 377 g/mol. The molecule has 2 aromatic carbocycles. The van der Waals surface area contributed by atoms with Gasteiger partial charge in [0.15, 0.2) is 23.0 Å². The second-order valence-electron chi connectivity index (χ2n) is 5.83. The van der Waals surface area contributed by atoms with E-state index in [9.17, 15) is 0 Å². The van der Waals surface area contributed by atoms with Gasteiger partial charge in [-0.1, -0.05) is 6.07 Å². The summed E-state index contributed by atoms with van der Waals surface area (Å²) >= 11 is 0. The van der Waals surface area contributed by atoms with Crippen LogP contribution in [0.2, 0.25) is 0 Å². The third kappa shape index (κ3) is 3.89. The first-order valence-electron chi connectivity index (χ1n) is 8.19. The number of rotatable bonds is 6. The van der Waals surface area contributed by atoms with Crippen molar-refractivity contribution in [1.29, 1.82) is 0 Å². The maximum absolute atomic E-state index is 5.46. The van der Waals surface area contributed by atoms with Crippen molar-refractivity contribution < 1.29 is 36.7 Å². The van der Waals surface area contributed by atoms with Gasteiger partial charge in [0, 0.05) is 11.6 Å². The van der Waals surface area contributed by atoms with Gasteiger partial charge in [-0.2, -0.15) is 0 Å². The summed E-state index contributed by atoms with van der Waals surface area (Å²) in [6, 6.07) is 10.1. The Kier molecular flexibility index (Phi) is 6.77. The number of methoxy groups -OCH3 is 4. The largest absolute Gasteiger partial charge is 1.00 e. The van der Waals surface area contributed by atoms with Crippen LogP contribution in [0.4, 0.5) is 0 Å². The molecule has 5 nitrogen and oxygen atoms in total. The van der Waals surface area contributed by atoms with Gasteiger partial charge in [0.05, 0.1) is 35.0 Å². The zero-order valence-corrected chi connectivity index (χ0v) is 16.2. The van der Waals surface area contributed by atoms with E-state index >= 15 is 0 Å². The summed E-state index contributed by atoms with van der Waals surface area (Å²) in [6.45, 7) is 0.908. The lowest BCUT2D eigenvalue weighted by molar-refractivity contribution is -0.554. The molecule has 1 aliphatic rings. The van der Waals surface area contributed by atoms with Crippen molar-refractivity contribution in [1.82, 2.24) is 0 Å². The van der Waals surface area contributed by atoms with E-state index in [-0.39, 0.29) is 12.4 Å². The van der Waals surface area contributed by atoms with Crippen molar-refractivity contribution in [3.63, 3.8) is 0 Å². The molecule has 0 aliphatic carbocycles. The fourth-order valence-corrected chi connectivity index (χ4v) is 3.16. The molecule has 0 saturated heterocycles. The summed E-state index contributed by atoms with van der Waals surface area (Å²) in [5, 5.41) is 4.61. The van der Waals surface area contributed by atoms with Gasteiger partial charge >= 0.3 is 0 Å². The summed E-state index contributed by atoms with van der Waals surface area (Å²) in [5.74, 6) is 2.99. The molecule has 140 valence electrons. The van der Waals surface area contributed by atoms with E-state index in [1.807, 2.05) is 18.2 Å². The van der Waals surface area contributed by atoms with E-state index in [0.29, 0.717) is 0 Å². The first kappa shape index (κ1) is 19.9. The Bertz CT molecular complexity index is 895. The standard InChI is InChI=1S/C20H23NO4.ClH/c1-22-17-6-5-13(10-18(17)23-2)9-16-15-12-20(25-4)19(24-3)11-14(15)7-8-21-16;/h5-7,10-12,21H,8-9H2,1-4H3;1H. The molecule has 6 heteroatoms. The molecule has 3 rings (SSSR count). The van der Waals surface area contributed by atoms with Crippen LogP contribution in [0.25, 0.3) is 11.8 Å². The SMILES string of the molecule is COc1ccc(CC2=c3cc(OC)c(OC)cc3=CC[NH2+]2)cc1OC.[Cl-]. The highest BCUT2D eigenvalue weighted by molar-refractivity contribution is 5.53. The Morgan fingerprint density at radius 2 is 1.42 bits per heavy atom. The van der Waals surface area contributed by atoms with Crippen LogP contribution >= 0.6 is 0 Å². The van der Waals surface area contributed by atoms with Crippen LogP contribution in [0.5, 0.6) is 23.0 Å². The fraction of sp³-hybridized carbons (Fsp3) is 0.300. The number of nitrogens with two attached hydrogens (primary N) is 1. The third-order valence-electron chi connectivity index (χ3n) is 4.45. The maximum Gasteiger partial charge on any atom is 0.161 e. The van der Waals surface area contributed by atoms with Crippen molar-refractivity contribution in [3.8, 4) is 23.0 Å². The number of hydrogen-bond donors (Lipinski definition) is 1. The first-order valence-corrected chi connectivity index (χ1v) is 8.19. The Labute approximate surface area is 159 Å². The Hall–Kier alpha value is -2.37. The average molecular weight is 378 g/mol. The minimum absolute atomic E-state index is 0. The molecule has 0 saturated carbocycles. The molecule has 1 aliphatic heterocycles. The van der Waals surface area contributed by atoms with Crippen LogP contribution in [0.1, 0.15) is 5.56 Å². The molecule has 0 unspecified atom stereocenters. The maximum atomic E-state index is 5.46. The molecule has 0 aromatic heterocycles. The van der Waals surface area contributed by atoms with E-state index in [1.165, 1.54) is 21.7 Å². The smallest absolute Gasteiger partial charge is 0.161 e. The quantitative estimate of drug-likeness (QED) is 0.601. The average Bonchev–Trinajstić information content (AvgIpc) is 2.66. The molecule has 26 heavy (non-hydrogen) atoms. The number of benzene rings is 2. The van der Waals surface area contributed by atoms with E-state index in [2.05, 4.69) is 23.5 Å². The lowest BCUT2D eigenvalue weighted by Crippen LogP contribution is -3.00. The molecule has 2 aromatic rings. The van der Waals surface area contributed by atoms with Gasteiger partial charge in [0.1, 0.15) is 5.70 Å². The second-order valence-corrected chi connectivity index (χ2v) is 5.83. The fourth-order valence-electron chi connectivity index (χ4n) is 3.16. The van der Waals surface area contributed by atoms with E-state index < -0.39 is 0 Å². The summed E-state index contributed by atoms with van der Waals surface area (Å²) in [6.07, 6.45) is 3.02. The van der Waals surface area contributed by atoms with Crippen molar-refractivity contribution in [3.05, 3.63) is 46.3 Å². The zero-order valence-electron chi connectivity index (χ0n) is 15.5. The topological polar surface area (TPSA) is 53.5 Å². The molecule has 0 atom stereocenters. The first-order chi connectivity index (χ1) is 12.2. The Morgan fingerprint density at radius 3 is 2.08 bits per heavy atom. The van der Waals surface area contributed by atoms with Gasteiger partial charge in [0.25, 0.3) is 0 Å². The van der Waals surface area contributed by atoms with Crippen molar-refractivity contribution >= 4 is 11.8 Å². The van der Waals surface area contributed by atoms with E-state index in [4.69, 9.17) is 18.9 Å². The summed E-state index contributed by atoms with van der Waals surface area (Å²) in [5.41, 5.74) is 2.44. The van der Waals surface area contributed by atoms with Gasteiger partial charge in [-0.05, 0) is 41.1 Å². The Morgan fingerprint density at radius 1 is 0.808 bits per heavy atom. The van der Waals surface area contributed by atoms with E-state index in [1.54, 1.807) is 28.4 Å². The predicted octanol–water partition coefficient (Wildman–Crippen LogP) is -2.57. The van der Waals surface area contributed by atoms with Crippen LogP contribution in [0.15, 0.2) is 30.3 Å². The highest BCUT2D eigenvalue weighted by Gasteiger charge is 2.14. The van der Waals surface area contributed by atoms with Gasteiger partial charge < -0.3 is 36.7 Å². The van der Waals surface area contributed by atoms with Crippen LogP contribution in [-0.4, -0.2) is 35.0 Å². The molecule has 0 amide bonds. The van der Waals surface area contributed by atoms with Gasteiger partial charge in [-0.25, -0.2) is 0 Å². The second kappa shape index (κ2) is 8.83. The van der Waals surface area contributed by atoms with Crippen molar-refractivity contribution in [2.24, 2.45) is 0 Å². The molecule has 1 heterocycles. The lowest BCUT2D eigenvalue weighted by Gasteiger charge is -2.14. The number of fused-ring (bicyclic) bond motifs is 1. The third-order valence-corrected chi connectivity index (χ3v) is 4.45. The number of halogens is 1. The molecular weight excluding hydrogens is 354 g/mol. The molecule has 2 N–H and O–H groups in total. The minimum atomic E-state index is 0. The minimum Gasteiger partial charge on any atom is -1.00 e. The van der Waals surface area contributed by atoms with Crippen LogP contribution < -0.4 is 47.1 Å². The van der Waals surface area contributed by atoms with Gasteiger partial charge in [-0.15, -0.1) is 0 Å². The van der Waals surface area contributed by atoms with Crippen LogP contribution in [0, 0.1) is 0 Å². The molecule has 0 fully saturated rings.